The summed E-state index contributed by atoms with van der Waals surface area (Å²) in [6.45, 7) is 2.76. The lowest BCUT2D eigenvalue weighted by molar-refractivity contribution is 0.241. The van der Waals surface area contributed by atoms with Gasteiger partial charge in [0.2, 0.25) is 5.88 Å². The first-order valence-electron chi connectivity index (χ1n) is 7.01. The molecule has 0 spiro atoms. The fourth-order valence-corrected chi connectivity index (χ4v) is 1.86. The van der Waals surface area contributed by atoms with Crippen molar-refractivity contribution in [2.24, 2.45) is 0 Å². The molecule has 0 saturated heterocycles. The summed E-state index contributed by atoms with van der Waals surface area (Å²) in [5, 5.41) is 5.43. The fraction of sp³-hybridized carbons (Fsp3) is 0.250. The van der Waals surface area contributed by atoms with Crippen LogP contribution in [0.15, 0.2) is 42.6 Å². The molecule has 2 aromatic rings. The molecule has 6 nitrogen and oxygen atoms in total. The molecular formula is C16H19N3O3. The molecule has 1 aromatic carbocycles. The Morgan fingerprint density at radius 3 is 2.64 bits per heavy atom. The second-order valence-electron chi connectivity index (χ2n) is 4.43. The maximum atomic E-state index is 11.5. The maximum Gasteiger partial charge on any atom is 0.315 e. The smallest absolute Gasteiger partial charge is 0.315 e. The summed E-state index contributed by atoms with van der Waals surface area (Å²) in [5.41, 5.74) is 0.777. The lowest BCUT2D eigenvalue weighted by Gasteiger charge is -2.13. The Morgan fingerprint density at radius 2 is 1.91 bits per heavy atom. The van der Waals surface area contributed by atoms with E-state index >= 15 is 0 Å². The van der Waals surface area contributed by atoms with Gasteiger partial charge in [-0.1, -0.05) is 18.2 Å². The van der Waals surface area contributed by atoms with E-state index in [9.17, 15) is 4.79 Å². The van der Waals surface area contributed by atoms with Crippen LogP contribution in [0.25, 0.3) is 0 Å². The molecule has 1 heterocycles. The van der Waals surface area contributed by atoms with Crippen molar-refractivity contribution in [1.82, 2.24) is 15.6 Å². The van der Waals surface area contributed by atoms with Crippen LogP contribution in [-0.2, 0) is 6.54 Å². The number of carbonyl (C=O) groups excluding carboxylic acids is 1. The zero-order valence-electron chi connectivity index (χ0n) is 12.6. The van der Waals surface area contributed by atoms with Gasteiger partial charge in [0.15, 0.2) is 11.5 Å². The summed E-state index contributed by atoms with van der Waals surface area (Å²) in [4.78, 5) is 15.7. The normalized spacial score (nSPS) is 9.91. The summed E-state index contributed by atoms with van der Waals surface area (Å²) in [6, 6.07) is 10.7. The highest BCUT2D eigenvalue weighted by Crippen LogP contribution is 2.31. The minimum atomic E-state index is -0.227. The van der Waals surface area contributed by atoms with Crippen LogP contribution in [0.3, 0.4) is 0 Å². The summed E-state index contributed by atoms with van der Waals surface area (Å²) in [6.07, 6.45) is 1.64. The Morgan fingerprint density at radius 1 is 1.14 bits per heavy atom. The predicted molar refractivity (Wildman–Crippen MR) is 83.2 cm³/mol. The highest BCUT2D eigenvalue weighted by Gasteiger charge is 2.10. The number of rotatable bonds is 6. The van der Waals surface area contributed by atoms with Gasteiger partial charge in [-0.25, -0.2) is 9.78 Å². The van der Waals surface area contributed by atoms with Crippen LogP contribution in [-0.4, -0.2) is 24.7 Å². The Kier molecular flexibility index (Phi) is 5.59. The van der Waals surface area contributed by atoms with E-state index in [2.05, 4.69) is 15.6 Å². The molecule has 0 aliphatic carbocycles. The average molecular weight is 301 g/mol. The van der Waals surface area contributed by atoms with E-state index in [0.29, 0.717) is 30.5 Å². The molecule has 0 unspecified atom stereocenters. The van der Waals surface area contributed by atoms with Gasteiger partial charge in [-0.05, 0) is 25.1 Å². The van der Waals surface area contributed by atoms with Crippen molar-refractivity contribution >= 4 is 6.03 Å². The van der Waals surface area contributed by atoms with E-state index in [0.717, 1.165) is 5.56 Å². The van der Waals surface area contributed by atoms with Gasteiger partial charge in [-0.3, -0.25) is 0 Å². The molecule has 0 aliphatic rings. The zero-order chi connectivity index (χ0) is 15.8. The number of hydrogen-bond donors (Lipinski definition) is 2. The highest BCUT2D eigenvalue weighted by atomic mass is 16.5. The molecule has 22 heavy (non-hydrogen) atoms. The van der Waals surface area contributed by atoms with Crippen LogP contribution in [0.5, 0.6) is 17.4 Å². The van der Waals surface area contributed by atoms with Crippen molar-refractivity contribution in [3.8, 4) is 17.4 Å². The number of hydrogen-bond acceptors (Lipinski definition) is 4. The number of methoxy groups -OCH3 is 1. The average Bonchev–Trinajstić information content (AvgIpc) is 2.55. The third kappa shape index (κ3) is 4.12. The zero-order valence-corrected chi connectivity index (χ0v) is 12.6. The van der Waals surface area contributed by atoms with Crippen LogP contribution < -0.4 is 20.1 Å². The van der Waals surface area contributed by atoms with Gasteiger partial charge in [0.25, 0.3) is 0 Å². The molecule has 0 atom stereocenters. The van der Waals surface area contributed by atoms with Gasteiger partial charge >= 0.3 is 6.03 Å². The van der Waals surface area contributed by atoms with Gasteiger partial charge < -0.3 is 20.1 Å². The van der Waals surface area contributed by atoms with Crippen LogP contribution in [0.4, 0.5) is 4.79 Å². The van der Waals surface area contributed by atoms with Gasteiger partial charge in [0, 0.05) is 24.8 Å². The van der Waals surface area contributed by atoms with E-state index in [1.807, 2.05) is 31.2 Å². The number of benzene rings is 1. The van der Waals surface area contributed by atoms with Crippen LogP contribution >= 0.6 is 0 Å². The number of pyridine rings is 1. The Bertz CT molecular complexity index is 632. The first-order valence-corrected chi connectivity index (χ1v) is 7.01. The number of para-hydroxylation sites is 2. The summed E-state index contributed by atoms with van der Waals surface area (Å²) in [7, 11) is 1.58. The molecule has 6 heteroatoms. The monoisotopic (exact) mass is 301 g/mol. The number of urea groups is 1. The molecular weight excluding hydrogens is 282 g/mol. The molecule has 2 N–H and O–H groups in total. The van der Waals surface area contributed by atoms with E-state index in [1.54, 1.807) is 25.4 Å². The number of aromatic nitrogens is 1. The number of amides is 2. The van der Waals surface area contributed by atoms with Crippen LogP contribution in [0.2, 0.25) is 0 Å². The van der Waals surface area contributed by atoms with E-state index in [-0.39, 0.29) is 6.03 Å². The van der Waals surface area contributed by atoms with Crippen molar-refractivity contribution in [3.05, 3.63) is 48.2 Å². The van der Waals surface area contributed by atoms with Crippen molar-refractivity contribution < 1.29 is 14.3 Å². The lowest BCUT2D eigenvalue weighted by Crippen LogP contribution is -2.34. The first kappa shape index (κ1) is 15.6. The molecule has 0 aliphatic heterocycles. The number of carbonyl (C=O) groups is 1. The lowest BCUT2D eigenvalue weighted by atomic mass is 10.2. The molecule has 2 rings (SSSR count). The summed E-state index contributed by atoms with van der Waals surface area (Å²) in [5.74, 6) is 1.63. The third-order valence-electron chi connectivity index (χ3n) is 2.90. The molecule has 0 radical (unpaired) electrons. The minimum absolute atomic E-state index is 0.227. The Labute approximate surface area is 129 Å². The van der Waals surface area contributed by atoms with Crippen molar-refractivity contribution in [2.75, 3.05) is 13.7 Å². The first-order chi connectivity index (χ1) is 10.7. The summed E-state index contributed by atoms with van der Waals surface area (Å²) >= 11 is 0. The largest absolute Gasteiger partial charge is 0.493 e. The third-order valence-corrected chi connectivity index (χ3v) is 2.90. The number of nitrogens with one attached hydrogen (secondary N) is 2. The second kappa shape index (κ2) is 7.87. The highest BCUT2D eigenvalue weighted by molar-refractivity contribution is 5.73. The Balaban J connectivity index is 2.12. The number of nitrogens with zero attached hydrogens (tertiary/aromatic N) is 1. The molecule has 1 aromatic heterocycles. The van der Waals surface area contributed by atoms with Crippen molar-refractivity contribution in [3.63, 3.8) is 0 Å². The SMILES string of the molecule is CCNC(=O)NCc1cccnc1Oc1ccccc1OC. The van der Waals surface area contributed by atoms with Crippen LogP contribution in [0, 0.1) is 0 Å². The fourth-order valence-electron chi connectivity index (χ4n) is 1.86. The minimum Gasteiger partial charge on any atom is -0.493 e. The second-order valence-corrected chi connectivity index (χ2v) is 4.43. The topological polar surface area (TPSA) is 72.5 Å². The van der Waals surface area contributed by atoms with Gasteiger partial charge in [-0.2, -0.15) is 0 Å². The molecule has 0 saturated carbocycles. The van der Waals surface area contributed by atoms with Crippen LogP contribution in [0.1, 0.15) is 12.5 Å². The molecule has 0 bridgehead atoms. The van der Waals surface area contributed by atoms with E-state index < -0.39 is 0 Å². The molecule has 2 amide bonds. The van der Waals surface area contributed by atoms with E-state index in [4.69, 9.17) is 9.47 Å². The quantitative estimate of drug-likeness (QED) is 0.860. The van der Waals surface area contributed by atoms with Gasteiger partial charge in [0.1, 0.15) is 0 Å². The molecule has 116 valence electrons. The standard InChI is InChI=1S/C16H19N3O3/c1-3-17-16(20)19-11-12-7-6-10-18-15(12)22-14-9-5-4-8-13(14)21-2/h4-10H,3,11H2,1-2H3,(H2,17,19,20). The number of ether oxygens (including phenoxy) is 2. The van der Waals surface area contributed by atoms with Gasteiger partial charge in [-0.15, -0.1) is 0 Å². The van der Waals surface area contributed by atoms with E-state index in [1.165, 1.54) is 0 Å². The van der Waals surface area contributed by atoms with Gasteiger partial charge in [0.05, 0.1) is 7.11 Å². The van der Waals surface area contributed by atoms with Crippen molar-refractivity contribution in [1.29, 1.82) is 0 Å². The van der Waals surface area contributed by atoms with Crippen molar-refractivity contribution in [2.45, 2.75) is 13.5 Å². The summed E-state index contributed by atoms with van der Waals surface area (Å²) < 4.78 is 11.1. The molecule has 0 fully saturated rings. The predicted octanol–water partition coefficient (Wildman–Crippen LogP) is 2.70. The maximum absolute atomic E-state index is 11.5. The Hall–Kier alpha value is -2.76.